The fourth-order valence-corrected chi connectivity index (χ4v) is 2.17. The number of halogens is 1. The average Bonchev–Trinajstić information content (AvgIpc) is 2.69. The molecule has 0 unspecified atom stereocenters. The standard InChI is InChI=1S/C12H15NO2.ClH/c14-11(15)12(8-4-5-9-12)13-10-6-2-1-3-7-10;/h1-3,6-7,13H,4-5,8-9H2,(H,14,15);1H. The van der Waals surface area contributed by atoms with Gasteiger partial charge in [-0.15, -0.1) is 12.4 Å². The second-order valence-corrected chi connectivity index (χ2v) is 4.09. The number of para-hydroxylation sites is 1. The van der Waals surface area contributed by atoms with Crippen molar-refractivity contribution in [2.45, 2.75) is 31.2 Å². The maximum atomic E-state index is 11.3. The minimum atomic E-state index is -0.735. The van der Waals surface area contributed by atoms with Crippen molar-refractivity contribution in [2.24, 2.45) is 0 Å². The van der Waals surface area contributed by atoms with Crippen LogP contribution in [0.2, 0.25) is 0 Å². The van der Waals surface area contributed by atoms with E-state index < -0.39 is 11.5 Å². The van der Waals surface area contributed by atoms with Crippen molar-refractivity contribution in [3.63, 3.8) is 0 Å². The van der Waals surface area contributed by atoms with Crippen molar-refractivity contribution in [1.82, 2.24) is 0 Å². The predicted octanol–water partition coefficient (Wildman–Crippen LogP) is 2.92. The summed E-state index contributed by atoms with van der Waals surface area (Å²) >= 11 is 0. The zero-order chi connectivity index (χ0) is 10.7. The molecule has 0 radical (unpaired) electrons. The summed E-state index contributed by atoms with van der Waals surface area (Å²) in [7, 11) is 0. The van der Waals surface area contributed by atoms with Crippen LogP contribution in [-0.4, -0.2) is 16.6 Å². The number of carbonyl (C=O) groups is 1. The van der Waals surface area contributed by atoms with Gasteiger partial charge in [0, 0.05) is 5.69 Å². The fraction of sp³-hybridized carbons (Fsp3) is 0.417. The molecule has 16 heavy (non-hydrogen) atoms. The van der Waals surface area contributed by atoms with Crippen LogP contribution >= 0.6 is 12.4 Å². The number of carboxylic acid groups (broad SMARTS) is 1. The maximum Gasteiger partial charge on any atom is 0.329 e. The predicted molar refractivity (Wildman–Crippen MR) is 66.1 cm³/mol. The summed E-state index contributed by atoms with van der Waals surface area (Å²) in [5.74, 6) is -0.733. The van der Waals surface area contributed by atoms with Gasteiger partial charge in [-0.2, -0.15) is 0 Å². The van der Waals surface area contributed by atoms with E-state index in [0.29, 0.717) is 0 Å². The van der Waals surface area contributed by atoms with Gasteiger partial charge in [-0.25, -0.2) is 4.79 Å². The van der Waals surface area contributed by atoms with E-state index in [4.69, 9.17) is 0 Å². The molecule has 1 aliphatic rings. The largest absolute Gasteiger partial charge is 0.480 e. The molecule has 2 rings (SSSR count). The highest BCUT2D eigenvalue weighted by molar-refractivity contribution is 5.85. The van der Waals surface area contributed by atoms with Gasteiger partial charge in [0.25, 0.3) is 0 Å². The quantitative estimate of drug-likeness (QED) is 0.856. The minimum Gasteiger partial charge on any atom is -0.480 e. The summed E-state index contributed by atoms with van der Waals surface area (Å²) in [5.41, 5.74) is 0.156. The molecule has 0 saturated heterocycles. The summed E-state index contributed by atoms with van der Waals surface area (Å²) in [6.07, 6.45) is 3.42. The second kappa shape index (κ2) is 5.21. The van der Waals surface area contributed by atoms with Crippen molar-refractivity contribution in [1.29, 1.82) is 0 Å². The van der Waals surface area contributed by atoms with Gasteiger partial charge in [0.2, 0.25) is 0 Å². The Morgan fingerprint density at radius 2 is 1.75 bits per heavy atom. The average molecular weight is 242 g/mol. The summed E-state index contributed by atoms with van der Waals surface area (Å²) in [6.45, 7) is 0. The number of aliphatic carboxylic acids is 1. The lowest BCUT2D eigenvalue weighted by Crippen LogP contribution is -2.43. The monoisotopic (exact) mass is 241 g/mol. The molecule has 0 aromatic heterocycles. The van der Waals surface area contributed by atoms with Gasteiger partial charge in [0.1, 0.15) is 5.54 Å². The van der Waals surface area contributed by atoms with Gasteiger partial charge < -0.3 is 10.4 Å². The lowest BCUT2D eigenvalue weighted by molar-refractivity contribution is -0.142. The van der Waals surface area contributed by atoms with Crippen LogP contribution in [0, 0.1) is 0 Å². The summed E-state index contributed by atoms with van der Waals surface area (Å²) in [4.78, 5) is 11.3. The molecular formula is C12H16ClNO2. The van der Waals surface area contributed by atoms with Crippen LogP contribution in [0.5, 0.6) is 0 Å². The Labute approximate surface area is 101 Å². The number of rotatable bonds is 3. The van der Waals surface area contributed by atoms with E-state index in [1.165, 1.54) is 0 Å². The second-order valence-electron chi connectivity index (χ2n) is 4.09. The number of anilines is 1. The molecule has 1 aliphatic carbocycles. The van der Waals surface area contributed by atoms with E-state index in [0.717, 1.165) is 31.4 Å². The van der Waals surface area contributed by atoms with Gasteiger partial charge in [-0.3, -0.25) is 0 Å². The van der Waals surface area contributed by atoms with Gasteiger partial charge in [-0.1, -0.05) is 31.0 Å². The summed E-state index contributed by atoms with van der Waals surface area (Å²) in [5, 5.41) is 12.4. The highest BCUT2D eigenvalue weighted by Crippen LogP contribution is 2.33. The molecule has 0 bridgehead atoms. The highest BCUT2D eigenvalue weighted by atomic mass is 35.5. The molecule has 0 spiro atoms. The van der Waals surface area contributed by atoms with Crippen LogP contribution in [0.4, 0.5) is 5.69 Å². The third-order valence-electron chi connectivity index (χ3n) is 3.02. The van der Waals surface area contributed by atoms with Crippen LogP contribution in [-0.2, 0) is 4.79 Å². The van der Waals surface area contributed by atoms with Crippen molar-refractivity contribution >= 4 is 24.1 Å². The Kier molecular flexibility index (Phi) is 4.19. The molecule has 1 aromatic rings. The molecule has 4 heteroatoms. The first kappa shape index (κ1) is 12.8. The Balaban J connectivity index is 0.00000128. The number of nitrogens with one attached hydrogen (secondary N) is 1. The van der Waals surface area contributed by atoms with Crippen molar-refractivity contribution in [3.8, 4) is 0 Å². The highest BCUT2D eigenvalue weighted by Gasteiger charge is 2.41. The normalized spacial score (nSPS) is 17.5. The van der Waals surface area contributed by atoms with E-state index in [-0.39, 0.29) is 12.4 Å². The van der Waals surface area contributed by atoms with Crippen LogP contribution in [0.25, 0.3) is 0 Å². The number of carboxylic acids is 1. The molecule has 0 heterocycles. The van der Waals surface area contributed by atoms with Crippen molar-refractivity contribution in [3.05, 3.63) is 30.3 Å². The third-order valence-corrected chi connectivity index (χ3v) is 3.02. The minimum absolute atomic E-state index is 0. The first-order valence-corrected chi connectivity index (χ1v) is 5.30. The van der Waals surface area contributed by atoms with Gasteiger partial charge in [0.05, 0.1) is 0 Å². The van der Waals surface area contributed by atoms with Gasteiger partial charge in [-0.05, 0) is 25.0 Å². The maximum absolute atomic E-state index is 11.3. The number of benzene rings is 1. The smallest absolute Gasteiger partial charge is 0.329 e. The Morgan fingerprint density at radius 1 is 1.19 bits per heavy atom. The molecule has 88 valence electrons. The molecule has 1 aromatic carbocycles. The SMILES string of the molecule is Cl.O=C(O)C1(Nc2ccccc2)CCCC1. The number of hydrogen-bond donors (Lipinski definition) is 2. The molecule has 1 saturated carbocycles. The van der Waals surface area contributed by atoms with E-state index in [1.807, 2.05) is 30.3 Å². The van der Waals surface area contributed by atoms with Gasteiger partial charge in [0.15, 0.2) is 0 Å². The van der Waals surface area contributed by atoms with E-state index in [2.05, 4.69) is 5.32 Å². The van der Waals surface area contributed by atoms with Crippen LogP contribution in [0.15, 0.2) is 30.3 Å². The zero-order valence-electron chi connectivity index (χ0n) is 8.98. The van der Waals surface area contributed by atoms with E-state index >= 15 is 0 Å². The molecule has 0 amide bonds. The van der Waals surface area contributed by atoms with Gasteiger partial charge >= 0.3 is 5.97 Å². The molecule has 3 nitrogen and oxygen atoms in total. The Morgan fingerprint density at radius 3 is 2.25 bits per heavy atom. The Hall–Kier alpha value is -1.22. The molecule has 2 N–H and O–H groups in total. The lowest BCUT2D eigenvalue weighted by atomic mass is 9.97. The fourth-order valence-electron chi connectivity index (χ4n) is 2.17. The third kappa shape index (κ3) is 2.47. The summed E-state index contributed by atoms with van der Waals surface area (Å²) in [6, 6.07) is 9.55. The summed E-state index contributed by atoms with van der Waals surface area (Å²) < 4.78 is 0. The van der Waals surface area contributed by atoms with Crippen molar-refractivity contribution < 1.29 is 9.90 Å². The number of hydrogen-bond acceptors (Lipinski definition) is 2. The van der Waals surface area contributed by atoms with E-state index in [9.17, 15) is 9.90 Å². The van der Waals surface area contributed by atoms with Crippen LogP contribution in [0.3, 0.4) is 0 Å². The molecular weight excluding hydrogens is 226 g/mol. The zero-order valence-corrected chi connectivity index (χ0v) is 9.80. The lowest BCUT2D eigenvalue weighted by Gasteiger charge is -2.26. The molecule has 0 aliphatic heterocycles. The van der Waals surface area contributed by atoms with Crippen molar-refractivity contribution in [2.75, 3.05) is 5.32 Å². The first-order chi connectivity index (χ1) is 7.23. The van der Waals surface area contributed by atoms with Crippen LogP contribution in [0.1, 0.15) is 25.7 Å². The van der Waals surface area contributed by atoms with E-state index in [1.54, 1.807) is 0 Å². The molecule has 1 fully saturated rings. The Bertz CT molecular complexity index is 347. The van der Waals surface area contributed by atoms with Crippen LogP contribution < -0.4 is 5.32 Å². The first-order valence-electron chi connectivity index (χ1n) is 5.30. The topological polar surface area (TPSA) is 49.3 Å². The molecule has 0 atom stereocenters.